The third-order valence-corrected chi connectivity index (χ3v) is 2.68. The van der Waals surface area contributed by atoms with Gasteiger partial charge in [-0.2, -0.15) is 0 Å². The van der Waals surface area contributed by atoms with Gasteiger partial charge in [0.05, 0.1) is 0 Å². The molecule has 0 bridgehead atoms. The Bertz CT molecular complexity index is 476. The molecule has 0 aliphatic rings. The highest BCUT2D eigenvalue weighted by molar-refractivity contribution is 5.72. The Morgan fingerprint density at radius 1 is 1.44 bits per heavy atom. The highest BCUT2D eigenvalue weighted by atomic mass is 16.3. The molecule has 1 aromatic heterocycles. The van der Waals surface area contributed by atoms with E-state index in [1.807, 2.05) is 18.2 Å². The smallest absolute Gasteiger partial charge is 0.181 e. The summed E-state index contributed by atoms with van der Waals surface area (Å²) in [6, 6.07) is 6.01. The average Bonchev–Trinajstić information content (AvgIpc) is 2.73. The second-order valence-electron chi connectivity index (χ2n) is 4.60. The lowest BCUT2D eigenvalue weighted by atomic mass is 10.1. The van der Waals surface area contributed by atoms with E-state index in [0.29, 0.717) is 6.54 Å². The summed E-state index contributed by atoms with van der Waals surface area (Å²) in [5.74, 6) is 0. The third kappa shape index (κ3) is 2.40. The van der Waals surface area contributed by atoms with Gasteiger partial charge in [-0.05, 0) is 31.5 Å². The average molecular weight is 219 g/mol. The lowest BCUT2D eigenvalue weighted by molar-refractivity contribution is 0.396. The molecule has 0 saturated heterocycles. The summed E-state index contributed by atoms with van der Waals surface area (Å²) >= 11 is 0. The molecule has 2 rings (SSSR count). The Labute approximate surface area is 94.8 Å². The van der Waals surface area contributed by atoms with Crippen molar-refractivity contribution < 1.29 is 4.42 Å². The highest BCUT2D eigenvalue weighted by Gasteiger charge is 2.13. The number of hydrogen-bond donors (Lipinski definition) is 2. The fourth-order valence-corrected chi connectivity index (χ4v) is 1.42. The van der Waals surface area contributed by atoms with Crippen molar-refractivity contribution in [2.45, 2.75) is 25.9 Å². The minimum absolute atomic E-state index is 0.0453. The summed E-state index contributed by atoms with van der Waals surface area (Å²) in [6.07, 6.45) is 1.46. The summed E-state index contributed by atoms with van der Waals surface area (Å²) in [6.45, 7) is 5.55. The van der Waals surface area contributed by atoms with E-state index >= 15 is 0 Å². The van der Waals surface area contributed by atoms with Crippen molar-refractivity contribution in [3.63, 3.8) is 0 Å². The molecule has 0 atom stereocenters. The monoisotopic (exact) mass is 219 g/mol. The van der Waals surface area contributed by atoms with Crippen LogP contribution in [0.1, 0.15) is 19.4 Å². The van der Waals surface area contributed by atoms with Crippen LogP contribution < -0.4 is 11.1 Å². The molecular weight excluding hydrogens is 202 g/mol. The zero-order valence-electron chi connectivity index (χ0n) is 9.66. The first-order chi connectivity index (χ1) is 7.61. The lowest BCUT2D eigenvalue weighted by Gasteiger charge is -2.24. The largest absolute Gasteiger partial charge is 0.443 e. The van der Waals surface area contributed by atoms with Crippen LogP contribution >= 0.6 is 0 Å². The lowest BCUT2D eigenvalue weighted by Crippen LogP contribution is -2.45. The Morgan fingerprint density at radius 2 is 2.25 bits per heavy atom. The Hall–Kier alpha value is -1.39. The molecule has 0 radical (unpaired) electrons. The van der Waals surface area contributed by atoms with E-state index in [1.54, 1.807) is 0 Å². The van der Waals surface area contributed by atoms with Gasteiger partial charge in [0.1, 0.15) is 5.52 Å². The molecule has 16 heavy (non-hydrogen) atoms. The van der Waals surface area contributed by atoms with Crippen molar-refractivity contribution in [1.82, 2.24) is 10.3 Å². The van der Waals surface area contributed by atoms with Crippen molar-refractivity contribution in [2.24, 2.45) is 5.73 Å². The molecule has 3 N–H and O–H groups in total. The number of nitrogens with one attached hydrogen (secondary N) is 1. The zero-order valence-corrected chi connectivity index (χ0v) is 9.66. The number of rotatable bonds is 4. The third-order valence-electron chi connectivity index (χ3n) is 2.68. The van der Waals surface area contributed by atoms with Gasteiger partial charge in [0.25, 0.3) is 0 Å². The minimum Gasteiger partial charge on any atom is -0.443 e. The predicted octanol–water partition coefficient (Wildman–Crippen LogP) is 1.65. The van der Waals surface area contributed by atoms with Crippen LogP contribution in [-0.2, 0) is 6.54 Å². The maximum atomic E-state index is 5.65. The fraction of sp³-hybridized carbons (Fsp3) is 0.417. The van der Waals surface area contributed by atoms with E-state index < -0.39 is 0 Å². The van der Waals surface area contributed by atoms with Crippen molar-refractivity contribution in [3.05, 3.63) is 30.2 Å². The number of benzene rings is 1. The van der Waals surface area contributed by atoms with Crippen LogP contribution in [0.25, 0.3) is 11.1 Å². The van der Waals surface area contributed by atoms with Crippen LogP contribution in [0.4, 0.5) is 0 Å². The SMILES string of the molecule is CC(C)(CN)NCc1ccc2ncoc2c1. The number of nitrogens with two attached hydrogens (primary N) is 1. The summed E-state index contributed by atoms with van der Waals surface area (Å²) < 4.78 is 5.25. The van der Waals surface area contributed by atoms with E-state index in [-0.39, 0.29) is 5.54 Å². The zero-order chi connectivity index (χ0) is 11.6. The number of aromatic nitrogens is 1. The van der Waals surface area contributed by atoms with Gasteiger partial charge < -0.3 is 15.5 Å². The Kier molecular flexibility index (Phi) is 2.94. The Morgan fingerprint density at radius 3 is 3.00 bits per heavy atom. The van der Waals surface area contributed by atoms with Crippen LogP contribution in [0.2, 0.25) is 0 Å². The van der Waals surface area contributed by atoms with E-state index in [4.69, 9.17) is 10.2 Å². The van der Waals surface area contributed by atoms with E-state index in [1.165, 1.54) is 12.0 Å². The topological polar surface area (TPSA) is 64.1 Å². The van der Waals surface area contributed by atoms with Crippen molar-refractivity contribution in [1.29, 1.82) is 0 Å². The first-order valence-electron chi connectivity index (χ1n) is 5.38. The van der Waals surface area contributed by atoms with Gasteiger partial charge in [0.15, 0.2) is 12.0 Å². The molecule has 1 aromatic carbocycles. The van der Waals surface area contributed by atoms with Gasteiger partial charge in [-0.25, -0.2) is 4.98 Å². The van der Waals surface area contributed by atoms with Crippen LogP contribution in [-0.4, -0.2) is 17.1 Å². The molecule has 0 fully saturated rings. The van der Waals surface area contributed by atoms with E-state index in [0.717, 1.165) is 17.6 Å². The molecule has 1 heterocycles. The van der Waals surface area contributed by atoms with Crippen molar-refractivity contribution in [2.75, 3.05) is 6.54 Å². The van der Waals surface area contributed by atoms with Gasteiger partial charge >= 0.3 is 0 Å². The summed E-state index contributed by atoms with van der Waals surface area (Å²) in [4.78, 5) is 4.08. The van der Waals surface area contributed by atoms with E-state index in [2.05, 4.69) is 24.1 Å². The van der Waals surface area contributed by atoms with Gasteiger partial charge in [0.2, 0.25) is 0 Å². The maximum absolute atomic E-state index is 5.65. The van der Waals surface area contributed by atoms with Gasteiger partial charge in [0, 0.05) is 18.6 Å². The maximum Gasteiger partial charge on any atom is 0.181 e. The molecule has 0 amide bonds. The second-order valence-corrected chi connectivity index (χ2v) is 4.60. The summed E-state index contributed by atoms with van der Waals surface area (Å²) in [5, 5.41) is 3.39. The molecule has 0 aliphatic carbocycles. The van der Waals surface area contributed by atoms with Crippen LogP contribution in [0.5, 0.6) is 0 Å². The first-order valence-corrected chi connectivity index (χ1v) is 5.38. The minimum atomic E-state index is -0.0453. The highest BCUT2D eigenvalue weighted by Crippen LogP contribution is 2.14. The van der Waals surface area contributed by atoms with Crippen molar-refractivity contribution in [3.8, 4) is 0 Å². The number of hydrogen-bond acceptors (Lipinski definition) is 4. The molecule has 4 nitrogen and oxygen atoms in total. The standard InChI is InChI=1S/C12H17N3O/c1-12(2,7-13)15-6-9-3-4-10-11(5-9)16-8-14-10/h3-5,8,15H,6-7,13H2,1-2H3. The van der Waals surface area contributed by atoms with Crippen LogP contribution in [0.15, 0.2) is 29.0 Å². The molecule has 0 spiro atoms. The van der Waals surface area contributed by atoms with Crippen LogP contribution in [0, 0.1) is 0 Å². The van der Waals surface area contributed by atoms with Crippen LogP contribution in [0.3, 0.4) is 0 Å². The predicted molar refractivity (Wildman–Crippen MR) is 64.0 cm³/mol. The molecule has 0 saturated carbocycles. The first kappa shape index (κ1) is 11.1. The summed E-state index contributed by atoms with van der Waals surface area (Å²) in [7, 11) is 0. The van der Waals surface area contributed by atoms with Crippen molar-refractivity contribution >= 4 is 11.1 Å². The molecule has 4 heteroatoms. The molecule has 2 aromatic rings. The molecule has 0 aliphatic heterocycles. The quantitative estimate of drug-likeness (QED) is 0.820. The van der Waals surface area contributed by atoms with E-state index in [9.17, 15) is 0 Å². The molecule has 0 unspecified atom stereocenters. The van der Waals surface area contributed by atoms with Gasteiger partial charge in [-0.3, -0.25) is 0 Å². The fourth-order valence-electron chi connectivity index (χ4n) is 1.42. The molecular formula is C12H17N3O. The normalized spacial score (nSPS) is 12.2. The second kappa shape index (κ2) is 4.23. The number of nitrogens with zero attached hydrogens (tertiary/aromatic N) is 1. The molecule has 86 valence electrons. The number of fused-ring (bicyclic) bond motifs is 1. The number of oxazole rings is 1. The summed E-state index contributed by atoms with van der Waals surface area (Å²) in [5.41, 5.74) is 8.49. The van der Waals surface area contributed by atoms with Gasteiger partial charge in [-0.1, -0.05) is 6.07 Å². The Balaban J connectivity index is 2.09. The van der Waals surface area contributed by atoms with Gasteiger partial charge in [-0.15, -0.1) is 0 Å².